The summed E-state index contributed by atoms with van der Waals surface area (Å²) in [6.45, 7) is 0.515. The summed E-state index contributed by atoms with van der Waals surface area (Å²) in [6, 6.07) is 9.09. The lowest BCUT2D eigenvalue weighted by atomic mass is 10.3. The van der Waals surface area contributed by atoms with E-state index in [1.54, 1.807) is 18.2 Å². The number of esters is 1. The van der Waals surface area contributed by atoms with Crippen molar-refractivity contribution in [1.29, 1.82) is 0 Å². The Hall–Kier alpha value is -1.94. The average molecular weight is 429 g/mol. The number of nitrogens with zero attached hydrogens (tertiary/aromatic N) is 1. The van der Waals surface area contributed by atoms with Crippen molar-refractivity contribution in [3.05, 3.63) is 45.6 Å². The fraction of sp³-hybridized carbons (Fsp3) is 0.294. The molecule has 1 aromatic heterocycles. The van der Waals surface area contributed by atoms with Gasteiger partial charge in [0.15, 0.2) is 6.61 Å². The second kappa shape index (κ2) is 8.39. The third kappa shape index (κ3) is 4.86. The van der Waals surface area contributed by atoms with E-state index in [1.165, 1.54) is 22.5 Å². The SMILES string of the molecule is O=C(COC(=O)c1ccc(Cl)s1)Nc1cccc(S(=O)(=O)N2CCCC2)c1. The van der Waals surface area contributed by atoms with Gasteiger partial charge in [-0.1, -0.05) is 17.7 Å². The Balaban J connectivity index is 1.60. The molecule has 0 saturated carbocycles. The molecular weight excluding hydrogens is 412 g/mol. The van der Waals surface area contributed by atoms with Crippen LogP contribution in [0.1, 0.15) is 22.5 Å². The predicted molar refractivity (Wildman–Crippen MR) is 103 cm³/mol. The monoisotopic (exact) mass is 428 g/mol. The lowest BCUT2D eigenvalue weighted by Gasteiger charge is -2.16. The number of hydrogen-bond donors (Lipinski definition) is 1. The van der Waals surface area contributed by atoms with Crippen LogP contribution in [0.4, 0.5) is 5.69 Å². The van der Waals surface area contributed by atoms with Gasteiger partial charge in [0.2, 0.25) is 10.0 Å². The molecule has 27 heavy (non-hydrogen) atoms. The van der Waals surface area contributed by atoms with Crippen molar-refractivity contribution in [2.45, 2.75) is 17.7 Å². The maximum Gasteiger partial charge on any atom is 0.348 e. The summed E-state index contributed by atoms with van der Waals surface area (Å²) in [6.07, 6.45) is 1.69. The molecule has 2 heterocycles. The zero-order valence-electron chi connectivity index (χ0n) is 14.2. The van der Waals surface area contributed by atoms with Crippen LogP contribution in [0.2, 0.25) is 4.34 Å². The Morgan fingerprint density at radius 3 is 2.59 bits per heavy atom. The van der Waals surface area contributed by atoms with E-state index in [1.807, 2.05) is 0 Å². The van der Waals surface area contributed by atoms with Gasteiger partial charge < -0.3 is 10.1 Å². The number of ether oxygens (including phenoxy) is 1. The van der Waals surface area contributed by atoms with Crippen molar-refractivity contribution in [3.8, 4) is 0 Å². The average Bonchev–Trinajstić information content (AvgIpc) is 3.32. The Bertz CT molecular complexity index is 952. The number of hydrogen-bond acceptors (Lipinski definition) is 6. The topological polar surface area (TPSA) is 92.8 Å². The normalized spacial score (nSPS) is 14.9. The summed E-state index contributed by atoms with van der Waals surface area (Å²) in [5, 5.41) is 2.54. The van der Waals surface area contributed by atoms with E-state index in [2.05, 4.69) is 5.32 Å². The molecule has 1 fully saturated rings. The molecular formula is C17H17ClN2O5S2. The van der Waals surface area contributed by atoms with Gasteiger partial charge >= 0.3 is 5.97 Å². The van der Waals surface area contributed by atoms with Crippen molar-refractivity contribution in [3.63, 3.8) is 0 Å². The van der Waals surface area contributed by atoms with E-state index < -0.39 is 28.5 Å². The number of nitrogens with one attached hydrogen (secondary N) is 1. The minimum absolute atomic E-state index is 0.118. The third-order valence-electron chi connectivity index (χ3n) is 3.93. The summed E-state index contributed by atoms with van der Waals surface area (Å²) in [4.78, 5) is 24.2. The van der Waals surface area contributed by atoms with Gasteiger partial charge in [-0.15, -0.1) is 11.3 Å². The van der Waals surface area contributed by atoms with Gasteiger partial charge in [-0.05, 0) is 43.2 Å². The summed E-state index contributed by atoms with van der Waals surface area (Å²) in [5.74, 6) is -1.21. The van der Waals surface area contributed by atoms with Crippen molar-refractivity contribution < 1.29 is 22.7 Å². The van der Waals surface area contributed by atoms with Crippen molar-refractivity contribution in [1.82, 2.24) is 4.31 Å². The first-order chi connectivity index (χ1) is 12.9. The highest BCUT2D eigenvalue weighted by Gasteiger charge is 2.27. The van der Waals surface area contributed by atoms with Crippen LogP contribution < -0.4 is 5.32 Å². The molecule has 1 N–H and O–H groups in total. The number of carbonyl (C=O) groups excluding carboxylic acids is 2. The van der Waals surface area contributed by atoms with Gasteiger partial charge in [0.25, 0.3) is 5.91 Å². The molecule has 1 aromatic carbocycles. The van der Waals surface area contributed by atoms with Gasteiger partial charge in [0, 0.05) is 18.8 Å². The molecule has 10 heteroatoms. The standard InChI is InChI=1S/C17H17ClN2O5S2/c18-15-7-6-14(26-15)17(22)25-11-16(21)19-12-4-3-5-13(10-12)27(23,24)20-8-1-2-9-20/h3-7,10H,1-2,8-9,11H2,(H,19,21). The van der Waals surface area contributed by atoms with Crippen LogP contribution >= 0.6 is 22.9 Å². The molecule has 0 bridgehead atoms. The molecule has 0 spiro atoms. The molecule has 0 atom stereocenters. The molecule has 7 nitrogen and oxygen atoms in total. The molecule has 1 aliphatic heterocycles. The second-order valence-electron chi connectivity index (χ2n) is 5.87. The number of amides is 1. The van der Waals surface area contributed by atoms with Gasteiger partial charge in [-0.3, -0.25) is 4.79 Å². The molecule has 0 unspecified atom stereocenters. The van der Waals surface area contributed by atoms with Crippen LogP contribution in [-0.4, -0.2) is 44.3 Å². The number of benzene rings is 1. The summed E-state index contributed by atoms with van der Waals surface area (Å²) < 4.78 is 32.0. The lowest BCUT2D eigenvalue weighted by molar-refractivity contribution is -0.119. The van der Waals surface area contributed by atoms with Gasteiger partial charge in [0.05, 0.1) is 9.23 Å². The molecule has 1 saturated heterocycles. The second-order valence-corrected chi connectivity index (χ2v) is 9.52. The van der Waals surface area contributed by atoms with Crippen LogP contribution in [0.5, 0.6) is 0 Å². The zero-order chi connectivity index (χ0) is 19.4. The van der Waals surface area contributed by atoms with Gasteiger partial charge in [0.1, 0.15) is 4.88 Å². The Morgan fingerprint density at radius 2 is 1.93 bits per heavy atom. The summed E-state index contributed by atoms with van der Waals surface area (Å²) in [7, 11) is -3.57. The van der Waals surface area contributed by atoms with Gasteiger partial charge in [-0.2, -0.15) is 4.31 Å². The minimum atomic E-state index is -3.57. The largest absolute Gasteiger partial charge is 0.451 e. The molecule has 3 rings (SSSR count). The number of carbonyl (C=O) groups is 2. The highest BCUT2D eigenvalue weighted by molar-refractivity contribution is 7.89. The van der Waals surface area contributed by atoms with E-state index in [0.29, 0.717) is 28.0 Å². The maximum absolute atomic E-state index is 12.6. The quantitative estimate of drug-likeness (QED) is 0.714. The minimum Gasteiger partial charge on any atom is -0.451 e. The van der Waals surface area contributed by atoms with Gasteiger partial charge in [-0.25, -0.2) is 13.2 Å². The van der Waals surface area contributed by atoms with Crippen molar-refractivity contribution in [2.24, 2.45) is 0 Å². The number of anilines is 1. The predicted octanol–water partition coefficient (Wildman–Crippen LogP) is 2.98. The smallest absolute Gasteiger partial charge is 0.348 e. The Labute approximate surface area is 165 Å². The van der Waals surface area contributed by atoms with E-state index in [-0.39, 0.29) is 4.90 Å². The highest BCUT2D eigenvalue weighted by Crippen LogP contribution is 2.24. The first-order valence-electron chi connectivity index (χ1n) is 8.19. The first-order valence-corrected chi connectivity index (χ1v) is 10.8. The molecule has 144 valence electrons. The third-order valence-corrected chi connectivity index (χ3v) is 7.04. The fourth-order valence-electron chi connectivity index (χ4n) is 2.64. The van der Waals surface area contributed by atoms with Crippen LogP contribution in [0, 0.1) is 0 Å². The maximum atomic E-state index is 12.6. The number of halogens is 1. The summed E-state index contributed by atoms with van der Waals surface area (Å²) >= 11 is 6.81. The number of rotatable bonds is 6. The molecule has 0 radical (unpaired) electrons. The first kappa shape index (κ1) is 19.8. The molecule has 2 aromatic rings. The lowest BCUT2D eigenvalue weighted by Crippen LogP contribution is -2.28. The number of thiophene rings is 1. The van der Waals surface area contributed by atoms with Crippen LogP contribution in [0.25, 0.3) is 0 Å². The van der Waals surface area contributed by atoms with Crippen LogP contribution in [0.15, 0.2) is 41.3 Å². The van der Waals surface area contributed by atoms with E-state index in [4.69, 9.17) is 16.3 Å². The Kier molecular flexibility index (Phi) is 6.15. The van der Waals surface area contributed by atoms with E-state index in [9.17, 15) is 18.0 Å². The van der Waals surface area contributed by atoms with Crippen LogP contribution in [0.3, 0.4) is 0 Å². The van der Waals surface area contributed by atoms with E-state index >= 15 is 0 Å². The highest BCUT2D eigenvalue weighted by atomic mass is 35.5. The van der Waals surface area contributed by atoms with Crippen LogP contribution in [-0.2, 0) is 19.6 Å². The number of sulfonamides is 1. The molecule has 0 aliphatic carbocycles. The molecule has 1 amide bonds. The Morgan fingerprint density at radius 1 is 1.19 bits per heavy atom. The van der Waals surface area contributed by atoms with E-state index in [0.717, 1.165) is 24.2 Å². The summed E-state index contributed by atoms with van der Waals surface area (Å²) in [5.41, 5.74) is 0.315. The fourth-order valence-corrected chi connectivity index (χ4v) is 5.14. The van der Waals surface area contributed by atoms with Crippen molar-refractivity contribution >= 4 is 50.5 Å². The molecule has 1 aliphatic rings. The van der Waals surface area contributed by atoms with Crippen molar-refractivity contribution in [2.75, 3.05) is 25.0 Å². The zero-order valence-corrected chi connectivity index (χ0v) is 16.6.